The number of fused-ring (bicyclic) bond motifs is 1. The van der Waals surface area contributed by atoms with Crippen LogP contribution in [0.4, 0.5) is 0 Å². The fraction of sp³-hybridized carbons (Fsp3) is 0.259. The molecule has 7 heteroatoms. The number of hydrogen-bond acceptors (Lipinski definition) is 3. The number of carbonyl (C=O) groups is 2. The second-order valence-electron chi connectivity index (χ2n) is 8.83. The van der Waals surface area contributed by atoms with Crippen LogP contribution >= 0.6 is 22.9 Å². The van der Waals surface area contributed by atoms with Gasteiger partial charge < -0.3 is 15.0 Å². The summed E-state index contributed by atoms with van der Waals surface area (Å²) in [5.74, 6) is -1.24. The number of thiophene rings is 1. The maximum absolute atomic E-state index is 13.2. The number of rotatable bonds is 6. The summed E-state index contributed by atoms with van der Waals surface area (Å²) in [4.78, 5) is 24.4. The predicted octanol–water partition coefficient (Wildman–Crippen LogP) is 6.44. The fourth-order valence-electron chi connectivity index (χ4n) is 4.74. The van der Waals surface area contributed by atoms with Crippen LogP contribution in [-0.2, 0) is 11.3 Å². The van der Waals surface area contributed by atoms with Gasteiger partial charge in [-0.25, -0.2) is 0 Å². The number of benzene rings is 2. The highest BCUT2D eigenvalue weighted by Gasteiger charge is 2.29. The molecule has 1 fully saturated rings. The van der Waals surface area contributed by atoms with Crippen LogP contribution in [0, 0.1) is 5.92 Å². The summed E-state index contributed by atoms with van der Waals surface area (Å²) < 4.78 is 3.53. The molecule has 2 aromatic carbocycles. The van der Waals surface area contributed by atoms with Crippen LogP contribution < -0.4 is 5.32 Å². The first-order valence-corrected chi connectivity index (χ1v) is 12.6. The van der Waals surface area contributed by atoms with Gasteiger partial charge in [-0.3, -0.25) is 9.59 Å². The quantitative estimate of drug-likeness (QED) is 0.325. The lowest BCUT2D eigenvalue weighted by molar-refractivity contribution is -0.142. The average Bonchev–Trinajstić information content (AvgIpc) is 3.38. The van der Waals surface area contributed by atoms with E-state index in [9.17, 15) is 14.7 Å². The molecule has 2 N–H and O–H groups in total. The highest BCUT2D eigenvalue weighted by Crippen LogP contribution is 2.37. The van der Waals surface area contributed by atoms with Gasteiger partial charge in [0.15, 0.2) is 0 Å². The Balaban J connectivity index is 1.34. The highest BCUT2D eigenvalue weighted by molar-refractivity contribution is 7.23. The van der Waals surface area contributed by atoms with E-state index in [1.54, 1.807) is 0 Å². The van der Waals surface area contributed by atoms with Crippen molar-refractivity contribution in [3.8, 4) is 11.1 Å². The van der Waals surface area contributed by atoms with Gasteiger partial charge in [-0.2, -0.15) is 0 Å². The van der Waals surface area contributed by atoms with E-state index in [2.05, 4.69) is 46.3 Å². The third-order valence-electron chi connectivity index (χ3n) is 6.61. The van der Waals surface area contributed by atoms with Crippen molar-refractivity contribution in [3.63, 3.8) is 0 Å². The normalized spacial score (nSPS) is 18.1. The maximum Gasteiger partial charge on any atom is 0.306 e. The van der Waals surface area contributed by atoms with E-state index in [0.717, 1.165) is 15.8 Å². The van der Waals surface area contributed by atoms with Crippen molar-refractivity contribution in [2.24, 2.45) is 5.92 Å². The first kappa shape index (κ1) is 22.7. The highest BCUT2D eigenvalue weighted by atomic mass is 35.5. The molecular weight excluding hydrogens is 468 g/mol. The Morgan fingerprint density at radius 1 is 0.971 bits per heavy atom. The third kappa shape index (κ3) is 4.61. The minimum atomic E-state index is -0.748. The zero-order chi connectivity index (χ0) is 23.7. The smallest absolute Gasteiger partial charge is 0.306 e. The van der Waals surface area contributed by atoms with Crippen molar-refractivity contribution in [1.82, 2.24) is 9.88 Å². The number of halogens is 1. The molecule has 1 aliphatic rings. The number of aromatic nitrogens is 1. The summed E-state index contributed by atoms with van der Waals surface area (Å²) in [7, 11) is 0. The molecule has 1 saturated carbocycles. The predicted molar refractivity (Wildman–Crippen MR) is 137 cm³/mol. The minimum absolute atomic E-state index is 0.0249. The molecule has 0 radical (unpaired) electrons. The minimum Gasteiger partial charge on any atom is -0.481 e. The number of aliphatic carboxylic acids is 1. The van der Waals surface area contributed by atoms with Crippen LogP contribution in [0.1, 0.15) is 41.6 Å². The molecule has 0 unspecified atom stereocenters. The molecule has 2 aromatic heterocycles. The topological polar surface area (TPSA) is 71.3 Å². The zero-order valence-electron chi connectivity index (χ0n) is 18.5. The molecule has 174 valence electrons. The number of nitrogens with one attached hydrogen (secondary N) is 1. The third-order valence-corrected chi connectivity index (χ3v) is 7.97. The van der Waals surface area contributed by atoms with Crippen LogP contribution in [0.3, 0.4) is 0 Å². The number of carbonyl (C=O) groups excluding carboxylic acids is 1. The van der Waals surface area contributed by atoms with E-state index < -0.39 is 5.97 Å². The lowest BCUT2D eigenvalue weighted by Crippen LogP contribution is -2.38. The van der Waals surface area contributed by atoms with Crippen molar-refractivity contribution in [1.29, 1.82) is 0 Å². The molecule has 0 atom stereocenters. The van der Waals surface area contributed by atoms with Crippen molar-refractivity contribution in [2.45, 2.75) is 38.3 Å². The Kier molecular flexibility index (Phi) is 6.44. The Labute approximate surface area is 207 Å². The van der Waals surface area contributed by atoms with Crippen molar-refractivity contribution in [3.05, 3.63) is 82.3 Å². The SMILES string of the molecule is O=C(NC1CCC(C(=O)O)CC1)c1c(Cl)sc2ccn(Cc3ccc(-c4ccccc4)cc3)c12. The van der Waals surface area contributed by atoms with Gasteiger partial charge in [-0.05, 0) is 48.4 Å². The Hall–Kier alpha value is -3.09. The van der Waals surface area contributed by atoms with E-state index in [0.29, 0.717) is 42.1 Å². The summed E-state index contributed by atoms with van der Waals surface area (Å²) in [6.07, 6.45) is 4.51. The molecular formula is C27H25ClN2O3S. The van der Waals surface area contributed by atoms with E-state index in [4.69, 9.17) is 11.6 Å². The number of carboxylic acids is 1. The van der Waals surface area contributed by atoms with Crippen molar-refractivity contribution >= 4 is 45.0 Å². The van der Waals surface area contributed by atoms with Crippen molar-refractivity contribution < 1.29 is 14.7 Å². The van der Waals surface area contributed by atoms with Crippen LogP contribution in [0.15, 0.2) is 66.9 Å². The molecule has 1 aliphatic carbocycles. The summed E-state index contributed by atoms with van der Waals surface area (Å²) in [6.45, 7) is 0.635. The van der Waals surface area contributed by atoms with E-state index in [1.165, 1.54) is 22.5 Å². The monoisotopic (exact) mass is 492 g/mol. The van der Waals surface area contributed by atoms with Gasteiger partial charge in [0.25, 0.3) is 5.91 Å². The van der Waals surface area contributed by atoms with Gasteiger partial charge in [-0.1, -0.05) is 66.2 Å². The van der Waals surface area contributed by atoms with Gasteiger partial charge >= 0.3 is 5.97 Å². The van der Waals surface area contributed by atoms with E-state index in [-0.39, 0.29) is 17.9 Å². The van der Waals surface area contributed by atoms with E-state index in [1.807, 2.05) is 30.5 Å². The lowest BCUT2D eigenvalue weighted by Gasteiger charge is -2.26. The second kappa shape index (κ2) is 9.65. The number of nitrogens with zero attached hydrogens (tertiary/aromatic N) is 1. The number of carboxylic acid groups (broad SMARTS) is 1. The largest absolute Gasteiger partial charge is 0.481 e. The van der Waals surface area contributed by atoms with Crippen LogP contribution in [0.5, 0.6) is 0 Å². The van der Waals surface area contributed by atoms with Gasteiger partial charge in [-0.15, -0.1) is 11.3 Å². The van der Waals surface area contributed by atoms with Crippen LogP contribution in [0.2, 0.25) is 4.34 Å². The molecule has 5 nitrogen and oxygen atoms in total. The first-order valence-electron chi connectivity index (χ1n) is 11.4. The first-order chi connectivity index (χ1) is 16.5. The Bertz CT molecular complexity index is 1320. The van der Waals surface area contributed by atoms with Crippen LogP contribution in [-0.4, -0.2) is 27.6 Å². The Morgan fingerprint density at radius 2 is 1.65 bits per heavy atom. The zero-order valence-corrected chi connectivity index (χ0v) is 20.1. The molecule has 0 aliphatic heterocycles. The molecule has 1 amide bonds. The van der Waals surface area contributed by atoms with Gasteiger partial charge in [0.05, 0.1) is 21.7 Å². The summed E-state index contributed by atoms with van der Waals surface area (Å²) >= 11 is 7.93. The summed E-state index contributed by atoms with van der Waals surface area (Å²) in [5, 5.41) is 12.3. The molecule has 5 rings (SSSR count). The van der Waals surface area contributed by atoms with Gasteiger partial charge in [0, 0.05) is 18.8 Å². The standard InChI is InChI=1S/C27H25ClN2O3S/c28-25-23(26(31)29-21-12-10-20(11-13-21)27(32)33)24-22(34-25)14-15-30(24)16-17-6-8-19(9-7-17)18-4-2-1-3-5-18/h1-9,14-15,20-21H,10-13,16H2,(H,29,31)(H,32,33). The molecule has 2 heterocycles. The second-order valence-corrected chi connectivity index (χ2v) is 10.5. The molecule has 0 bridgehead atoms. The van der Waals surface area contributed by atoms with Crippen LogP contribution in [0.25, 0.3) is 21.3 Å². The molecule has 4 aromatic rings. The molecule has 0 saturated heterocycles. The number of amides is 1. The summed E-state index contributed by atoms with van der Waals surface area (Å²) in [6, 6.07) is 20.7. The lowest BCUT2D eigenvalue weighted by atomic mass is 9.86. The van der Waals surface area contributed by atoms with Crippen molar-refractivity contribution in [2.75, 3.05) is 0 Å². The fourth-order valence-corrected chi connectivity index (χ4v) is 6.10. The molecule has 34 heavy (non-hydrogen) atoms. The Morgan fingerprint density at radius 3 is 2.32 bits per heavy atom. The van der Waals surface area contributed by atoms with E-state index >= 15 is 0 Å². The average molecular weight is 493 g/mol. The maximum atomic E-state index is 13.2. The summed E-state index contributed by atoms with van der Waals surface area (Å²) in [5.41, 5.74) is 4.83. The van der Waals surface area contributed by atoms with Gasteiger partial charge in [0.2, 0.25) is 0 Å². The number of hydrogen-bond donors (Lipinski definition) is 2. The molecule has 0 spiro atoms. The van der Waals surface area contributed by atoms with Gasteiger partial charge in [0.1, 0.15) is 4.34 Å².